The summed E-state index contributed by atoms with van der Waals surface area (Å²) in [6.07, 6.45) is -1.43. The minimum absolute atomic E-state index is 0.0940. The number of alkyl halides is 3. The zero-order valence-corrected chi connectivity index (χ0v) is 16.9. The molecule has 0 saturated heterocycles. The second kappa shape index (κ2) is 7.98. The zero-order chi connectivity index (χ0) is 22.3. The smallest absolute Gasteiger partial charge is 0.431 e. The fourth-order valence-corrected chi connectivity index (χ4v) is 4.42. The van der Waals surface area contributed by atoms with Crippen molar-refractivity contribution >= 4 is 16.9 Å². The van der Waals surface area contributed by atoms with Crippen molar-refractivity contribution in [3.63, 3.8) is 0 Å². The molecule has 2 aliphatic rings. The van der Waals surface area contributed by atoms with Gasteiger partial charge in [0.1, 0.15) is 48.1 Å². The van der Waals surface area contributed by atoms with Crippen LogP contribution in [0.5, 0.6) is 5.75 Å². The molecule has 0 radical (unpaired) electrons. The van der Waals surface area contributed by atoms with Gasteiger partial charge in [-0.3, -0.25) is 0 Å². The summed E-state index contributed by atoms with van der Waals surface area (Å²) >= 11 is 0. The van der Waals surface area contributed by atoms with Crippen molar-refractivity contribution in [3.8, 4) is 5.75 Å². The summed E-state index contributed by atoms with van der Waals surface area (Å²) in [4.78, 5) is 14.2. The molecular weight excluding hydrogens is 423 g/mol. The SMILES string of the molecule is [C-]#[N+]C1CCCC1OC1COc2ccccc2C1Nc1ncnc2[nH]c(C(F)(F)F)cc12. The Kier molecular flexibility index (Phi) is 5.13. The number of nitrogens with one attached hydrogen (secondary N) is 2. The second-order valence-electron chi connectivity index (χ2n) is 7.98. The third kappa shape index (κ3) is 3.73. The number of hydrogen-bond donors (Lipinski definition) is 2. The van der Waals surface area contributed by atoms with Crippen LogP contribution < -0.4 is 10.1 Å². The van der Waals surface area contributed by atoms with Crippen LogP contribution in [0.3, 0.4) is 0 Å². The number of aromatic amines is 1. The van der Waals surface area contributed by atoms with Crippen molar-refractivity contribution in [2.45, 2.75) is 49.7 Å². The topological polar surface area (TPSA) is 76.4 Å². The minimum Gasteiger partial charge on any atom is -0.490 e. The van der Waals surface area contributed by atoms with Crippen LogP contribution in [0.15, 0.2) is 36.7 Å². The van der Waals surface area contributed by atoms with E-state index in [1.54, 1.807) is 0 Å². The highest BCUT2D eigenvalue weighted by atomic mass is 19.4. The maximum Gasteiger partial charge on any atom is 0.431 e. The van der Waals surface area contributed by atoms with Crippen molar-refractivity contribution in [1.29, 1.82) is 0 Å². The van der Waals surface area contributed by atoms with Gasteiger partial charge in [-0.05, 0) is 25.0 Å². The molecule has 0 bridgehead atoms. The third-order valence-corrected chi connectivity index (χ3v) is 5.99. The number of halogens is 3. The molecule has 5 rings (SSSR count). The molecule has 0 amide bonds. The van der Waals surface area contributed by atoms with Gasteiger partial charge < -0.3 is 24.6 Å². The number of nitrogens with zero attached hydrogens (tertiary/aromatic N) is 3. The Bertz CT molecular complexity index is 1170. The van der Waals surface area contributed by atoms with E-state index in [2.05, 4.69) is 25.1 Å². The number of rotatable bonds is 4. The molecule has 10 heteroatoms. The third-order valence-electron chi connectivity index (χ3n) is 5.99. The summed E-state index contributed by atoms with van der Waals surface area (Å²) in [6, 6.07) is 7.83. The van der Waals surface area contributed by atoms with E-state index in [0.717, 1.165) is 30.9 Å². The summed E-state index contributed by atoms with van der Waals surface area (Å²) in [5.41, 5.74) is 0.0260. The van der Waals surface area contributed by atoms with Crippen molar-refractivity contribution < 1.29 is 22.6 Å². The molecule has 1 aliphatic heterocycles. The maximum atomic E-state index is 13.2. The highest BCUT2D eigenvalue weighted by molar-refractivity contribution is 5.88. The first-order valence-electron chi connectivity index (χ1n) is 10.4. The van der Waals surface area contributed by atoms with Crippen LogP contribution in [0.2, 0.25) is 0 Å². The molecule has 32 heavy (non-hydrogen) atoms. The molecule has 3 aromatic rings. The van der Waals surface area contributed by atoms with E-state index < -0.39 is 24.0 Å². The molecule has 7 nitrogen and oxygen atoms in total. The molecule has 0 spiro atoms. The van der Waals surface area contributed by atoms with Crippen molar-refractivity contribution in [2.75, 3.05) is 11.9 Å². The molecule has 4 unspecified atom stereocenters. The number of anilines is 1. The molecule has 166 valence electrons. The zero-order valence-electron chi connectivity index (χ0n) is 16.9. The standard InChI is InChI=1S/C22H20F3N5O2/c1-26-14-6-4-8-16(14)32-17-10-31-15-7-3-2-5-12(15)19(17)30-21-13-9-18(22(23,24)25)29-20(13)27-11-28-21/h2-3,5,7,9,11,14,16-17,19H,4,6,8,10H2,(H2,27,28,29,30). The fraction of sp³-hybridized carbons (Fsp3) is 0.409. The Morgan fingerprint density at radius 1 is 1.19 bits per heavy atom. The number of H-pyrrole nitrogens is 1. The number of fused-ring (bicyclic) bond motifs is 2. The van der Waals surface area contributed by atoms with Gasteiger partial charge in [0.2, 0.25) is 6.04 Å². The number of para-hydroxylation sites is 1. The normalized spacial score (nSPS) is 25.2. The molecule has 1 fully saturated rings. The van der Waals surface area contributed by atoms with Gasteiger partial charge in [-0.15, -0.1) is 0 Å². The van der Waals surface area contributed by atoms with Crippen molar-refractivity contribution in [1.82, 2.24) is 15.0 Å². The van der Waals surface area contributed by atoms with E-state index in [4.69, 9.17) is 16.0 Å². The van der Waals surface area contributed by atoms with Gasteiger partial charge in [-0.2, -0.15) is 13.2 Å². The van der Waals surface area contributed by atoms with Gasteiger partial charge in [-0.1, -0.05) is 18.2 Å². The summed E-state index contributed by atoms with van der Waals surface area (Å²) in [5, 5.41) is 3.52. The van der Waals surface area contributed by atoms with Gasteiger partial charge in [-0.25, -0.2) is 16.5 Å². The summed E-state index contributed by atoms with van der Waals surface area (Å²) in [5.74, 6) is 0.943. The van der Waals surface area contributed by atoms with Crippen LogP contribution in [0.4, 0.5) is 19.0 Å². The predicted octanol–water partition coefficient (Wildman–Crippen LogP) is 4.75. The van der Waals surface area contributed by atoms with E-state index in [-0.39, 0.29) is 35.6 Å². The minimum atomic E-state index is -4.52. The van der Waals surface area contributed by atoms with Gasteiger partial charge in [0.15, 0.2) is 0 Å². The van der Waals surface area contributed by atoms with Crippen molar-refractivity contribution in [3.05, 3.63) is 59.3 Å². The molecule has 4 atom stereocenters. The quantitative estimate of drug-likeness (QED) is 0.570. The Morgan fingerprint density at radius 3 is 2.84 bits per heavy atom. The monoisotopic (exact) mass is 443 g/mol. The first kappa shape index (κ1) is 20.6. The second-order valence-corrected chi connectivity index (χ2v) is 7.98. The summed E-state index contributed by atoms with van der Waals surface area (Å²) in [7, 11) is 0. The average Bonchev–Trinajstić information content (AvgIpc) is 3.42. The number of benzene rings is 1. The lowest BCUT2D eigenvalue weighted by atomic mass is 9.97. The van der Waals surface area contributed by atoms with E-state index in [1.807, 2.05) is 24.3 Å². The Hall–Kier alpha value is -3.32. The van der Waals surface area contributed by atoms with Crippen molar-refractivity contribution in [2.24, 2.45) is 0 Å². The Morgan fingerprint density at radius 2 is 2.03 bits per heavy atom. The van der Waals surface area contributed by atoms with Crippen LogP contribution in [0, 0.1) is 6.57 Å². The number of aromatic nitrogens is 3. The van der Waals surface area contributed by atoms with Crippen LogP contribution in [0.1, 0.15) is 36.6 Å². The molecule has 1 saturated carbocycles. The number of ether oxygens (including phenoxy) is 2. The fourth-order valence-electron chi connectivity index (χ4n) is 4.42. The highest BCUT2D eigenvalue weighted by Gasteiger charge is 2.40. The van der Waals surface area contributed by atoms with Crippen LogP contribution in [-0.2, 0) is 10.9 Å². The highest BCUT2D eigenvalue weighted by Crippen LogP contribution is 2.39. The molecule has 2 N–H and O–H groups in total. The van der Waals surface area contributed by atoms with Crippen LogP contribution in [0.25, 0.3) is 15.9 Å². The first-order chi connectivity index (χ1) is 15.4. The average molecular weight is 443 g/mol. The van der Waals surface area contributed by atoms with E-state index >= 15 is 0 Å². The maximum absolute atomic E-state index is 13.2. The van der Waals surface area contributed by atoms with Crippen LogP contribution >= 0.6 is 0 Å². The largest absolute Gasteiger partial charge is 0.490 e. The lowest BCUT2D eigenvalue weighted by molar-refractivity contribution is -0.140. The van der Waals surface area contributed by atoms with Gasteiger partial charge >= 0.3 is 6.18 Å². The Labute approximate surface area is 181 Å². The summed E-state index contributed by atoms with van der Waals surface area (Å²) < 4.78 is 51.9. The number of hydrogen-bond acceptors (Lipinski definition) is 5. The predicted molar refractivity (Wildman–Crippen MR) is 110 cm³/mol. The molecule has 2 aromatic heterocycles. The Balaban J connectivity index is 1.50. The molecule has 3 heterocycles. The lowest BCUT2D eigenvalue weighted by Gasteiger charge is -2.35. The molecular formula is C22H20F3N5O2. The lowest BCUT2D eigenvalue weighted by Crippen LogP contribution is -2.41. The van der Waals surface area contributed by atoms with E-state index in [0.29, 0.717) is 5.75 Å². The molecule has 1 aromatic carbocycles. The van der Waals surface area contributed by atoms with Gasteiger partial charge in [0.05, 0.1) is 11.4 Å². The van der Waals surface area contributed by atoms with Gasteiger partial charge in [0, 0.05) is 12.0 Å². The van der Waals surface area contributed by atoms with E-state index in [9.17, 15) is 13.2 Å². The first-order valence-corrected chi connectivity index (χ1v) is 10.4. The van der Waals surface area contributed by atoms with Gasteiger partial charge in [0.25, 0.3) is 0 Å². The summed E-state index contributed by atoms with van der Waals surface area (Å²) in [6.45, 7) is 7.68. The molecule has 1 aliphatic carbocycles. The van der Waals surface area contributed by atoms with Crippen LogP contribution in [-0.4, -0.2) is 39.8 Å². The van der Waals surface area contributed by atoms with E-state index in [1.165, 1.54) is 6.33 Å².